The van der Waals surface area contributed by atoms with Gasteiger partial charge >= 0.3 is 0 Å². The average Bonchev–Trinajstić information content (AvgIpc) is 1.88. The number of halogens is 1. The molecule has 0 N–H and O–H groups in total. The van der Waals surface area contributed by atoms with Crippen LogP contribution < -0.4 is 0 Å². The Morgan fingerprint density at radius 2 is 0.598 bits per heavy atom. The molecule has 0 aliphatic rings. The monoisotopic (exact) mass is 1260 g/mol. The molecule has 8 aromatic carbocycles. The highest BCUT2D eigenvalue weighted by molar-refractivity contribution is 7.23. The first-order valence-electron chi connectivity index (χ1n) is 27.8. The minimum Gasteiger partial charge on any atom is -0.265 e. The molecule has 0 saturated carbocycles. The van der Waals surface area contributed by atoms with E-state index in [0.717, 1.165) is 72.1 Å². The number of hydrogen-bond acceptors (Lipinski definition) is 14. The molecule has 0 fully saturated rings. The topological polar surface area (TPSA) is 181 Å². The van der Waals surface area contributed by atoms with E-state index in [-0.39, 0.29) is 10.7 Å². The molecular weight excluding hydrogens is 1190 g/mol. The normalized spacial score (nSPS) is 10.7. The zero-order chi connectivity index (χ0) is 63.9. The van der Waals surface area contributed by atoms with Crippen molar-refractivity contribution in [3.05, 3.63) is 234 Å². The third-order valence-corrected chi connectivity index (χ3v) is 19.3. The number of nitrogens with zero attached hydrogens (tertiary/aromatic N) is 7. The molecule has 18 heteroatoms. The first kappa shape index (κ1) is 66.3. The Labute approximate surface area is 528 Å². The quantitative estimate of drug-likeness (QED) is 0.119. The average molecular weight is 1260 g/mol. The summed E-state index contributed by atoms with van der Waals surface area (Å²) in [4.78, 5) is 46.6. The molecule has 12 aromatic rings. The Balaban J connectivity index is 0.000000159. The smallest absolute Gasteiger partial charge is 0.265 e. The van der Waals surface area contributed by atoms with Crippen LogP contribution in [0.3, 0.4) is 0 Å². The van der Waals surface area contributed by atoms with Crippen LogP contribution in [-0.4, -0.2) is 48.8 Å². The largest absolute Gasteiger partial charge is 0.293 e. The van der Waals surface area contributed by atoms with Gasteiger partial charge in [-0.25, -0.2) is 19.9 Å². The molecule has 12 rings (SSSR count). The van der Waals surface area contributed by atoms with E-state index >= 15 is 0 Å². The van der Waals surface area contributed by atoms with E-state index in [1.54, 1.807) is 47.9 Å². The minimum atomic E-state index is -0.500. The van der Waals surface area contributed by atoms with Crippen molar-refractivity contribution >= 4 is 104 Å². The number of nitro groups is 3. The van der Waals surface area contributed by atoms with Crippen molar-refractivity contribution in [3.8, 4) is 42.3 Å². The molecule has 0 saturated heterocycles. The second-order valence-electron chi connectivity index (χ2n) is 21.9. The molecule has 0 amide bonds. The SMILES string of the molecule is C[N+](=O)[O-].C[N+](=O)[O-].Cc1cc(C)cc(-c2nc3c(C)c([N+](=O)[O-])c(Cl)c(C)c3s2)c1.Cc1cc(C)cc(-c2nc3c(C)ccc(C)c3s2)c1.Cc1cc(C)cc(-c2nc3c(C)ccc(C)c3s2)c1.Cc1ccc(-c2nc3c(C)ccc(C)c3s2)cc1. The number of nitro benzene ring substituents is 1. The molecule has 0 aliphatic carbocycles. The zero-order valence-corrected chi connectivity index (χ0v) is 56.1. The van der Waals surface area contributed by atoms with Gasteiger partial charge in [0.05, 0.1) is 51.4 Å². The van der Waals surface area contributed by atoms with E-state index in [1.807, 2.05) is 13.8 Å². The highest BCUT2D eigenvalue weighted by Crippen LogP contribution is 2.43. The molecule has 0 unspecified atom stereocenters. The van der Waals surface area contributed by atoms with Crippen LogP contribution in [-0.2, 0) is 0 Å². The van der Waals surface area contributed by atoms with E-state index in [2.05, 4.69) is 196 Å². The van der Waals surface area contributed by atoms with Gasteiger partial charge in [0, 0.05) is 32.1 Å². The van der Waals surface area contributed by atoms with Crippen molar-refractivity contribution in [1.29, 1.82) is 0 Å². The fraction of sp³-hybridized carbons (Fsp3) is 0.246. The van der Waals surface area contributed by atoms with Crippen LogP contribution in [0.5, 0.6) is 0 Å². The van der Waals surface area contributed by atoms with E-state index in [0.29, 0.717) is 16.6 Å². The standard InChI is InChI=1S/C17H15ClN2O2S.2C17H17NS.C16H15NS.2CH3NO2/c1-8-5-9(2)7-12(6-8)17-19-14-11(4)15(20(21)22)13(18)10(3)16(14)23-17;2*1-10-7-11(2)9-14(8-10)17-18-15-12(3)5-6-13(4)16(15)19-17;1-10-4-8-13(9-5-10)16-17-14-11(2)6-7-12(3)15(14)18-16;2*1-2(3)4/h5-7H,1-4H3;2*5-9H,1-4H3;4-9H,1-3H3;2*1H3. The summed E-state index contributed by atoms with van der Waals surface area (Å²) in [7, 11) is 1.78. The van der Waals surface area contributed by atoms with Gasteiger partial charge in [0.1, 0.15) is 25.1 Å². The lowest BCUT2D eigenvalue weighted by molar-refractivity contribution is -0.445. The summed E-state index contributed by atoms with van der Waals surface area (Å²) in [6, 6.07) is 41.1. The number of aryl methyl sites for hydroxylation is 15. The Morgan fingerprint density at radius 1 is 0.333 bits per heavy atom. The molecule has 448 valence electrons. The van der Waals surface area contributed by atoms with Crippen molar-refractivity contribution in [2.24, 2.45) is 0 Å². The van der Waals surface area contributed by atoms with Gasteiger partial charge in [-0.1, -0.05) is 129 Å². The molecule has 4 heterocycles. The number of fused-ring (bicyclic) bond motifs is 4. The lowest BCUT2D eigenvalue weighted by atomic mass is 10.1. The Morgan fingerprint density at radius 3 is 0.885 bits per heavy atom. The molecule has 0 atom stereocenters. The van der Waals surface area contributed by atoms with Gasteiger partial charge in [0.25, 0.3) is 5.69 Å². The van der Waals surface area contributed by atoms with Gasteiger partial charge in [0.2, 0.25) is 0 Å². The first-order chi connectivity index (χ1) is 41.0. The van der Waals surface area contributed by atoms with Crippen LogP contribution in [0.15, 0.2) is 115 Å². The van der Waals surface area contributed by atoms with E-state index < -0.39 is 14.8 Å². The summed E-state index contributed by atoms with van der Waals surface area (Å²) >= 11 is 13.1. The van der Waals surface area contributed by atoms with Crippen molar-refractivity contribution in [2.75, 3.05) is 14.1 Å². The number of thiazole rings is 4. The summed E-state index contributed by atoms with van der Waals surface area (Å²) in [5, 5.41) is 33.3. The molecule has 0 aliphatic heterocycles. The minimum absolute atomic E-state index is 0.0473. The van der Waals surface area contributed by atoms with Crippen LogP contribution in [0.1, 0.15) is 83.5 Å². The van der Waals surface area contributed by atoms with Gasteiger partial charge in [-0.15, -0.1) is 45.3 Å². The molecule has 0 spiro atoms. The Hall–Kier alpha value is -8.19. The molecule has 13 nitrogen and oxygen atoms in total. The Kier molecular flexibility index (Phi) is 21.8. The van der Waals surface area contributed by atoms with Crippen molar-refractivity contribution < 1.29 is 14.8 Å². The van der Waals surface area contributed by atoms with Gasteiger partial charge in [0.15, 0.2) is 14.1 Å². The lowest BCUT2D eigenvalue weighted by Crippen LogP contribution is -1.96. The number of rotatable bonds is 5. The third kappa shape index (κ3) is 16.5. The van der Waals surface area contributed by atoms with E-state index in [4.69, 9.17) is 46.8 Å². The predicted octanol–water partition coefficient (Wildman–Crippen LogP) is 20.8. The Bertz CT molecular complexity index is 4230. The van der Waals surface area contributed by atoms with Crippen LogP contribution in [0.4, 0.5) is 5.69 Å². The van der Waals surface area contributed by atoms with Crippen molar-refractivity contribution in [2.45, 2.75) is 104 Å². The fourth-order valence-corrected chi connectivity index (χ4v) is 14.7. The second-order valence-corrected chi connectivity index (χ2v) is 26.3. The summed E-state index contributed by atoms with van der Waals surface area (Å²) in [6.45, 7) is 31.1. The summed E-state index contributed by atoms with van der Waals surface area (Å²) in [6.07, 6.45) is 0. The summed E-state index contributed by atoms with van der Waals surface area (Å²) in [5.41, 5.74) is 26.5. The number of benzene rings is 8. The first-order valence-corrected chi connectivity index (χ1v) is 31.5. The molecule has 0 radical (unpaired) electrons. The third-order valence-electron chi connectivity index (χ3n) is 13.9. The summed E-state index contributed by atoms with van der Waals surface area (Å²) in [5.74, 6) is 0. The van der Waals surface area contributed by atoms with Crippen molar-refractivity contribution in [3.63, 3.8) is 0 Å². The molecular formula is C69H70ClN7O6S4. The fourth-order valence-electron chi connectivity index (χ4n) is 9.86. The van der Waals surface area contributed by atoms with Crippen LogP contribution in [0.25, 0.3) is 83.2 Å². The van der Waals surface area contributed by atoms with Crippen LogP contribution >= 0.6 is 56.9 Å². The van der Waals surface area contributed by atoms with Crippen LogP contribution in [0.2, 0.25) is 5.02 Å². The van der Waals surface area contributed by atoms with Crippen LogP contribution in [0, 0.1) is 134 Å². The zero-order valence-electron chi connectivity index (χ0n) is 52.1. The van der Waals surface area contributed by atoms with Gasteiger partial charge < -0.3 is 0 Å². The van der Waals surface area contributed by atoms with Crippen molar-refractivity contribution in [1.82, 2.24) is 19.9 Å². The van der Waals surface area contributed by atoms with Gasteiger partial charge in [-0.2, -0.15) is 0 Å². The highest BCUT2D eigenvalue weighted by atomic mass is 35.5. The molecule has 4 aromatic heterocycles. The maximum absolute atomic E-state index is 11.3. The maximum Gasteiger partial charge on any atom is 0.293 e. The molecule has 87 heavy (non-hydrogen) atoms. The highest BCUT2D eigenvalue weighted by Gasteiger charge is 2.25. The van der Waals surface area contributed by atoms with E-state index in [9.17, 15) is 10.1 Å². The number of hydrogen-bond donors (Lipinski definition) is 0. The van der Waals surface area contributed by atoms with Gasteiger partial charge in [-0.3, -0.25) is 30.3 Å². The van der Waals surface area contributed by atoms with Gasteiger partial charge in [-0.05, 0) is 179 Å². The summed E-state index contributed by atoms with van der Waals surface area (Å²) < 4.78 is 4.85. The maximum atomic E-state index is 11.3. The number of aromatic nitrogens is 4. The lowest BCUT2D eigenvalue weighted by Gasteiger charge is -2.04. The second kappa shape index (κ2) is 28.5. The van der Waals surface area contributed by atoms with E-state index in [1.165, 1.54) is 103 Å². The molecule has 0 bridgehead atoms. The predicted molar refractivity (Wildman–Crippen MR) is 369 cm³/mol.